The van der Waals surface area contributed by atoms with Crippen molar-refractivity contribution in [2.24, 2.45) is 4.74 Å². The molecule has 54 heavy (non-hydrogen) atoms. The van der Waals surface area contributed by atoms with Gasteiger partial charge in [-0.05, 0) is 16.2 Å². The van der Waals surface area contributed by atoms with Crippen LogP contribution in [-0.2, 0) is 77.9 Å². The molecule has 1 aliphatic heterocycles. The molecule has 1 fully saturated rings. The van der Waals surface area contributed by atoms with Crippen molar-refractivity contribution in [2.45, 2.75) is 63.2 Å². The van der Waals surface area contributed by atoms with Gasteiger partial charge in [-0.1, -0.05) is 84.9 Å². The van der Waals surface area contributed by atoms with Gasteiger partial charge in [0.05, 0.1) is 5.97 Å². The predicted molar refractivity (Wildman–Crippen MR) is 195 cm³/mol. The average molecular weight is 956 g/mol. The second kappa shape index (κ2) is 20.7. The SMILES string of the molecule is CC(=O)OC[C@H]1O[C@@H](N=P(c2[c-]cccc2)(c2ccccc2)c2ccccc2)[C@H](OC(C)=O)[C@@H](OC(C)=O)[C@@H]1OC(C)=O.O=C([O-])c1ccccc1[S-].[Au+3]. The Morgan fingerprint density at radius 2 is 1.20 bits per heavy atom. The zero-order valence-corrected chi connectivity index (χ0v) is 33.5. The normalized spacial score (nSPS) is 18.9. The van der Waals surface area contributed by atoms with Crippen LogP contribution in [0, 0.1) is 6.07 Å². The van der Waals surface area contributed by atoms with Crippen LogP contribution in [0.2, 0.25) is 0 Å². The Labute approximate surface area is 334 Å². The molecule has 0 N–H and O–H groups in total. The molecule has 5 atom stereocenters. The number of benzene rings is 4. The van der Waals surface area contributed by atoms with Gasteiger partial charge in [-0.3, -0.25) is 23.9 Å². The van der Waals surface area contributed by atoms with Crippen molar-refractivity contribution < 1.29 is 75.1 Å². The molecule has 286 valence electrons. The van der Waals surface area contributed by atoms with Crippen molar-refractivity contribution in [3.63, 3.8) is 0 Å². The van der Waals surface area contributed by atoms with Gasteiger partial charge in [0.25, 0.3) is 0 Å². The van der Waals surface area contributed by atoms with Crippen LogP contribution in [0.15, 0.2) is 119 Å². The van der Waals surface area contributed by atoms with Gasteiger partial charge in [0, 0.05) is 34.7 Å². The molecule has 0 spiro atoms. The van der Waals surface area contributed by atoms with E-state index in [0.29, 0.717) is 4.90 Å². The Hall–Kier alpha value is -4.62. The first-order valence-corrected chi connectivity index (χ1v) is 18.5. The number of aromatic carboxylic acids is 1. The molecule has 1 heterocycles. The molecule has 0 aliphatic carbocycles. The van der Waals surface area contributed by atoms with E-state index in [2.05, 4.69) is 6.07 Å². The molecular formula is C39H37AuNO11PS. The van der Waals surface area contributed by atoms with Gasteiger partial charge in [-0.2, -0.15) is 35.2 Å². The number of hydrogen-bond acceptors (Lipinski definition) is 13. The fraction of sp³-hybridized carbons (Fsp3) is 0.256. The molecule has 1 aliphatic rings. The Morgan fingerprint density at radius 3 is 1.67 bits per heavy atom. The molecule has 0 aromatic heterocycles. The minimum Gasteiger partial charge on any atom is -0.779 e. The van der Waals surface area contributed by atoms with Gasteiger partial charge in [0.1, 0.15) is 12.7 Å². The van der Waals surface area contributed by atoms with Gasteiger partial charge >= 0.3 is 46.3 Å². The molecule has 0 bridgehead atoms. The van der Waals surface area contributed by atoms with Gasteiger partial charge in [-0.25, -0.2) is 0 Å². The van der Waals surface area contributed by atoms with Gasteiger partial charge in [0.15, 0.2) is 24.5 Å². The molecule has 4 aromatic carbocycles. The van der Waals surface area contributed by atoms with E-state index < -0.39 is 67.5 Å². The van der Waals surface area contributed by atoms with E-state index >= 15 is 0 Å². The number of carbonyl (C=O) groups excluding carboxylic acids is 5. The summed E-state index contributed by atoms with van der Waals surface area (Å²) in [6.45, 7) is 4.45. The van der Waals surface area contributed by atoms with Crippen LogP contribution in [0.3, 0.4) is 0 Å². The third-order valence-electron chi connectivity index (χ3n) is 7.66. The van der Waals surface area contributed by atoms with Crippen molar-refractivity contribution in [3.05, 3.63) is 121 Å². The summed E-state index contributed by atoms with van der Waals surface area (Å²) in [5.41, 5.74) is 0.0810. The van der Waals surface area contributed by atoms with Crippen molar-refractivity contribution in [1.29, 1.82) is 0 Å². The van der Waals surface area contributed by atoms with Crippen molar-refractivity contribution in [2.75, 3.05) is 6.61 Å². The maximum absolute atomic E-state index is 12.5. The number of carbonyl (C=O) groups is 5. The first-order chi connectivity index (χ1) is 25.3. The summed E-state index contributed by atoms with van der Waals surface area (Å²) in [5.74, 6) is -3.93. The fourth-order valence-electron chi connectivity index (χ4n) is 5.60. The van der Waals surface area contributed by atoms with Crippen LogP contribution >= 0.6 is 7.05 Å². The summed E-state index contributed by atoms with van der Waals surface area (Å²) in [6.07, 6.45) is -6.31. The largest absolute Gasteiger partial charge is 3.00 e. The number of rotatable bonds is 10. The second-order valence-corrected chi connectivity index (χ2v) is 15.0. The maximum Gasteiger partial charge on any atom is 3.00 e. The second-order valence-electron chi connectivity index (χ2n) is 11.5. The van der Waals surface area contributed by atoms with Gasteiger partial charge < -0.3 is 46.2 Å². The quantitative estimate of drug-likeness (QED) is 0.0571. The number of nitrogens with zero attached hydrogens (tertiary/aromatic N) is 1. The predicted octanol–water partition coefficient (Wildman–Crippen LogP) is 3.00. The molecule has 12 nitrogen and oxygen atoms in total. The summed E-state index contributed by atoms with van der Waals surface area (Å²) >= 11 is 4.71. The van der Waals surface area contributed by atoms with E-state index in [4.69, 9.17) is 41.1 Å². The van der Waals surface area contributed by atoms with Gasteiger partial charge in [-0.15, -0.1) is 5.30 Å². The summed E-state index contributed by atoms with van der Waals surface area (Å²) in [7, 11) is -2.98. The number of hydrogen-bond donors (Lipinski definition) is 0. The first-order valence-electron chi connectivity index (χ1n) is 16.3. The fourth-order valence-corrected chi connectivity index (χ4v) is 9.37. The molecule has 1 saturated heterocycles. The summed E-state index contributed by atoms with van der Waals surface area (Å²) in [6, 6.07) is 36.3. The molecule has 0 radical (unpaired) electrons. The van der Waals surface area contributed by atoms with E-state index in [1.807, 2.05) is 78.9 Å². The van der Waals surface area contributed by atoms with E-state index in [1.54, 1.807) is 24.3 Å². The third kappa shape index (κ3) is 11.4. The number of ether oxygens (including phenoxy) is 5. The first kappa shape index (κ1) is 43.8. The maximum atomic E-state index is 12.5. The number of esters is 4. The van der Waals surface area contributed by atoms with Crippen molar-refractivity contribution in [1.82, 2.24) is 0 Å². The molecule has 4 aromatic rings. The summed E-state index contributed by atoms with van der Waals surface area (Å²) in [4.78, 5) is 59.3. The number of carboxylic acids is 1. The third-order valence-corrected chi connectivity index (χ3v) is 11.7. The molecule has 15 heteroatoms. The summed E-state index contributed by atoms with van der Waals surface area (Å²) < 4.78 is 34.0. The van der Waals surface area contributed by atoms with Crippen LogP contribution in [0.5, 0.6) is 0 Å². The van der Waals surface area contributed by atoms with Crippen molar-refractivity contribution >= 4 is 65.4 Å². The Morgan fingerprint density at radius 1 is 0.704 bits per heavy atom. The summed E-state index contributed by atoms with van der Waals surface area (Å²) in [5, 5.41) is 12.7. The molecular weight excluding hydrogens is 918 g/mol. The topological polar surface area (TPSA) is 167 Å². The Bertz CT molecular complexity index is 1850. The minimum atomic E-state index is -2.98. The van der Waals surface area contributed by atoms with E-state index in [1.165, 1.54) is 33.8 Å². The molecule has 5 rings (SSSR count). The van der Waals surface area contributed by atoms with Crippen molar-refractivity contribution in [3.8, 4) is 0 Å². The molecule has 0 amide bonds. The van der Waals surface area contributed by atoms with E-state index in [-0.39, 0.29) is 34.6 Å². The monoisotopic (exact) mass is 955 g/mol. The minimum absolute atomic E-state index is 0. The van der Waals surface area contributed by atoms with E-state index in [9.17, 15) is 29.1 Å². The Balaban J connectivity index is 0.000000617. The van der Waals surface area contributed by atoms with Crippen LogP contribution in [0.25, 0.3) is 0 Å². The zero-order valence-electron chi connectivity index (χ0n) is 29.6. The number of carboxylic acid groups (broad SMARTS) is 1. The van der Waals surface area contributed by atoms with Crippen LogP contribution in [-0.4, -0.2) is 67.1 Å². The van der Waals surface area contributed by atoms with Crippen LogP contribution in [0.1, 0.15) is 38.1 Å². The van der Waals surface area contributed by atoms with Crippen LogP contribution < -0.4 is 21.0 Å². The van der Waals surface area contributed by atoms with E-state index in [0.717, 1.165) is 15.9 Å². The smallest absolute Gasteiger partial charge is 0.779 e. The average Bonchev–Trinajstić information content (AvgIpc) is 3.13. The Kier molecular flexibility index (Phi) is 16.8. The zero-order chi connectivity index (χ0) is 38.5. The molecule has 0 unspecified atom stereocenters. The standard InChI is InChI=1S/C32H33NO9P.C7H6O2S.Au/c1-21(34)38-20-28-29(39-22(2)35)30(40-23(3)36)31(41-24(4)37)32(42-28)33-43(25-14-8-5-9-15-25,26-16-10-6-11-17-26)27-18-12-7-13-19-27;8-7(9)5-3-1-2-4-6(5)10;/h5-18,28-32H,20H2,1-4H3;1-4,10H,(H,8,9);/q-1;;+3/p-2/t28-,29-,30+,31-,32-;;/m1../s1. The van der Waals surface area contributed by atoms with Crippen LogP contribution in [0.4, 0.5) is 0 Å². The van der Waals surface area contributed by atoms with Gasteiger partial charge in [0.2, 0.25) is 0 Å². The molecule has 0 saturated carbocycles.